The Bertz CT molecular complexity index is 1270. The molecule has 5 nitrogen and oxygen atoms in total. The summed E-state index contributed by atoms with van der Waals surface area (Å²) in [6.07, 6.45) is 5.68. The Balaban J connectivity index is 1.78. The van der Waals surface area contributed by atoms with Crippen LogP contribution in [0.2, 0.25) is 0 Å². The maximum Gasteiger partial charge on any atom is 0.140 e. The zero-order valence-electron chi connectivity index (χ0n) is 23.1. The molecule has 0 saturated carbocycles. The van der Waals surface area contributed by atoms with E-state index in [1.807, 2.05) is 12.1 Å². The molecule has 4 aromatic rings. The van der Waals surface area contributed by atoms with Crippen molar-refractivity contribution in [2.24, 2.45) is 0 Å². The second-order valence-electron chi connectivity index (χ2n) is 9.88. The van der Waals surface area contributed by atoms with Gasteiger partial charge in [-0.2, -0.15) is 0 Å². The molecule has 200 valence electrons. The van der Waals surface area contributed by atoms with Gasteiger partial charge in [0.25, 0.3) is 0 Å². The number of benzene rings is 3. The van der Waals surface area contributed by atoms with Crippen LogP contribution in [0.15, 0.2) is 78.9 Å². The lowest BCUT2D eigenvalue weighted by atomic mass is 10.1. The van der Waals surface area contributed by atoms with Crippen LogP contribution in [0.4, 0.5) is 0 Å². The summed E-state index contributed by atoms with van der Waals surface area (Å²) < 4.78 is 7.75. The van der Waals surface area contributed by atoms with Gasteiger partial charge in [-0.1, -0.05) is 99.8 Å². The maximum atomic E-state index is 10.7. The number of ether oxygens (including phenoxy) is 1. The minimum Gasteiger partial charge on any atom is -0.507 e. The van der Waals surface area contributed by atoms with Crippen molar-refractivity contribution in [2.45, 2.75) is 65.6 Å². The lowest BCUT2D eigenvalue weighted by molar-refractivity contribution is 0.243. The van der Waals surface area contributed by atoms with E-state index in [0.29, 0.717) is 12.3 Å². The molecule has 4 rings (SSSR count). The van der Waals surface area contributed by atoms with Gasteiger partial charge in [-0.25, -0.2) is 4.98 Å². The van der Waals surface area contributed by atoms with Gasteiger partial charge in [-0.3, -0.25) is 4.90 Å². The SMILES string of the molecule is CCCCCn1c(-c2ccccc2)nc(-c2ccccc2)c1CN(CCCC)Cc1ccc(OC)cc1O. The quantitative estimate of drug-likeness (QED) is 0.175. The highest BCUT2D eigenvalue weighted by Gasteiger charge is 2.22. The van der Waals surface area contributed by atoms with Crippen LogP contribution in [0.25, 0.3) is 22.6 Å². The van der Waals surface area contributed by atoms with Crippen LogP contribution in [-0.4, -0.2) is 33.2 Å². The molecule has 0 fully saturated rings. The Morgan fingerprint density at radius 2 is 1.50 bits per heavy atom. The Hall–Kier alpha value is -3.57. The molecular formula is C33H41N3O2. The van der Waals surface area contributed by atoms with Crippen molar-refractivity contribution in [3.63, 3.8) is 0 Å². The van der Waals surface area contributed by atoms with Crippen LogP contribution in [-0.2, 0) is 19.6 Å². The molecule has 1 N–H and O–H groups in total. The Morgan fingerprint density at radius 3 is 2.13 bits per heavy atom. The van der Waals surface area contributed by atoms with Crippen molar-refractivity contribution in [1.29, 1.82) is 0 Å². The van der Waals surface area contributed by atoms with E-state index in [2.05, 4.69) is 84.0 Å². The molecule has 1 aromatic heterocycles. The van der Waals surface area contributed by atoms with Crippen molar-refractivity contribution >= 4 is 0 Å². The van der Waals surface area contributed by atoms with Crippen molar-refractivity contribution in [1.82, 2.24) is 14.5 Å². The molecule has 3 aromatic carbocycles. The summed E-state index contributed by atoms with van der Waals surface area (Å²) in [7, 11) is 1.62. The second kappa shape index (κ2) is 13.8. The molecule has 0 aliphatic carbocycles. The summed E-state index contributed by atoms with van der Waals surface area (Å²) in [6, 6.07) is 26.7. The van der Waals surface area contributed by atoms with Gasteiger partial charge in [0.2, 0.25) is 0 Å². The summed E-state index contributed by atoms with van der Waals surface area (Å²) in [4.78, 5) is 7.72. The summed E-state index contributed by atoms with van der Waals surface area (Å²) in [5.41, 5.74) is 5.46. The van der Waals surface area contributed by atoms with Gasteiger partial charge in [0.15, 0.2) is 0 Å². The summed E-state index contributed by atoms with van der Waals surface area (Å²) in [5, 5.41) is 10.7. The van der Waals surface area contributed by atoms with Gasteiger partial charge in [0, 0.05) is 42.4 Å². The van der Waals surface area contributed by atoms with E-state index in [4.69, 9.17) is 9.72 Å². The van der Waals surface area contributed by atoms with Gasteiger partial charge in [0.05, 0.1) is 18.5 Å². The van der Waals surface area contributed by atoms with Crippen molar-refractivity contribution in [3.8, 4) is 34.1 Å². The van der Waals surface area contributed by atoms with E-state index < -0.39 is 0 Å². The predicted molar refractivity (Wildman–Crippen MR) is 156 cm³/mol. The van der Waals surface area contributed by atoms with Crippen LogP contribution in [0.5, 0.6) is 11.5 Å². The van der Waals surface area contributed by atoms with Crippen LogP contribution in [0, 0.1) is 0 Å². The molecule has 0 aliphatic heterocycles. The Morgan fingerprint density at radius 1 is 0.816 bits per heavy atom. The van der Waals surface area contributed by atoms with Gasteiger partial charge in [-0.15, -0.1) is 0 Å². The molecule has 0 saturated heterocycles. The van der Waals surface area contributed by atoms with Gasteiger partial charge >= 0.3 is 0 Å². The smallest absolute Gasteiger partial charge is 0.140 e. The number of aromatic hydroxyl groups is 1. The lowest BCUT2D eigenvalue weighted by Crippen LogP contribution is -2.26. The number of unbranched alkanes of at least 4 members (excludes halogenated alkanes) is 3. The monoisotopic (exact) mass is 511 g/mol. The third kappa shape index (κ3) is 6.84. The lowest BCUT2D eigenvalue weighted by Gasteiger charge is -2.25. The molecule has 0 atom stereocenters. The average molecular weight is 512 g/mol. The van der Waals surface area contributed by atoms with Crippen LogP contribution < -0.4 is 4.74 Å². The van der Waals surface area contributed by atoms with E-state index in [0.717, 1.165) is 67.1 Å². The molecule has 0 aliphatic rings. The van der Waals surface area contributed by atoms with Gasteiger partial charge in [0.1, 0.15) is 17.3 Å². The molecule has 5 heteroatoms. The third-order valence-electron chi connectivity index (χ3n) is 7.02. The first-order valence-corrected chi connectivity index (χ1v) is 13.9. The van der Waals surface area contributed by atoms with Crippen LogP contribution in [0.3, 0.4) is 0 Å². The molecule has 0 radical (unpaired) electrons. The topological polar surface area (TPSA) is 50.5 Å². The van der Waals surface area contributed by atoms with E-state index in [1.54, 1.807) is 13.2 Å². The van der Waals surface area contributed by atoms with Crippen LogP contribution in [0.1, 0.15) is 57.2 Å². The van der Waals surface area contributed by atoms with Crippen molar-refractivity contribution in [2.75, 3.05) is 13.7 Å². The highest BCUT2D eigenvalue weighted by atomic mass is 16.5. The van der Waals surface area contributed by atoms with E-state index in [-0.39, 0.29) is 5.75 Å². The molecule has 1 heterocycles. The number of imidazole rings is 1. The van der Waals surface area contributed by atoms with Gasteiger partial charge < -0.3 is 14.4 Å². The second-order valence-corrected chi connectivity index (χ2v) is 9.88. The molecule has 0 spiro atoms. The first-order chi connectivity index (χ1) is 18.6. The normalized spacial score (nSPS) is 11.3. The van der Waals surface area contributed by atoms with Crippen molar-refractivity contribution in [3.05, 3.63) is 90.1 Å². The molecule has 0 bridgehead atoms. The number of rotatable bonds is 14. The molecule has 38 heavy (non-hydrogen) atoms. The fraction of sp³-hybridized carbons (Fsp3) is 0.364. The number of methoxy groups -OCH3 is 1. The average Bonchev–Trinajstić information content (AvgIpc) is 3.31. The van der Waals surface area contributed by atoms with Gasteiger partial charge in [-0.05, 0) is 25.5 Å². The fourth-order valence-electron chi connectivity index (χ4n) is 4.90. The number of phenolic OH excluding ortho intramolecular Hbond substituents is 1. The fourth-order valence-corrected chi connectivity index (χ4v) is 4.90. The molecular weight excluding hydrogens is 470 g/mol. The summed E-state index contributed by atoms with van der Waals surface area (Å²) >= 11 is 0. The summed E-state index contributed by atoms with van der Waals surface area (Å²) in [5.74, 6) is 1.97. The zero-order chi connectivity index (χ0) is 26.7. The first-order valence-electron chi connectivity index (χ1n) is 13.9. The van der Waals surface area contributed by atoms with E-state index >= 15 is 0 Å². The minimum atomic E-state index is 0.274. The molecule has 0 unspecified atom stereocenters. The number of aromatic nitrogens is 2. The first kappa shape index (κ1) is 27.5. The Labute approximate surface area is 227 Å². The zero-order valence-corrected chi connectivity index (χ0v) is 23.1. The highest BCUT2D eigenvalue weighted by Crippen LogP contribution is 2.32. The summed E-state index contributed by atoms with van der Waals surface area (Å²) in [6.45, 7) is 7.75. The number of phenols is 1. The molecule has 0 amide bonds. The number of hydrogen-bond acceptors (Lipinski definition) is 4. The number of hydrogen-bond donors (Lipinski definition) is 1. The maximum absolute atomic E-state index is 10.7. The van der Waals surface area contributed by atoms with Crippen molar-refractivity contribution < 1.29 is 9.84 Å². The van der Waals surface area contributed by atoms with Crippen LogP contribution >= 0.6 is 0 Å². The van der Waals surface area contributed by atoms with E-state index in [1.165, 1.54) is 18.5 Å². The largest absolute Gasteiger partial charge is 0.507 e. The highest BCUT2D eigenvalue weighted by molar-refractivity contribution is 5.68. The van der Waals surface area contributed by atoms with E-state index in [9.17, 15) is 5.11 Å². The third-order valence-corrected chi connectivity index (χ3v) is 7.02. The standard InChI is InChI=1S/C33H41N3O2/c1-4-6-14-22-36-30(25-35(21-7-5-2)24-28-19-20-29(38-3)23-31(28)37)32(26-15-10-8-11-16-26)34-33(36)27-17-12-9-13-18-27/h8-13,15-20,23,37H,4-7,14,21-22,24-25H2,1-3H3. The number of nitrogens with zero attached hydrogens (tertiary/aromatic N) is 3. The predicted octanol–water partition coefficient (Wildman–Crippen LogP) is 7.92. The Kier molecular flexibility index (Phi) is 9.99. The minimum absolute atomic E-state index is 0.274.